The fourth-order valence-electron chi connectivity index (χ4n) is 3.95. The standard InChI is InChI=1S/C23H34ClN3O4/c1-22(2,3)21(29)27-12-13-31-23(16-27,17-30-19-7-5-6-18(24)14-19)15-20(28)26-10-8-25(4)9-11-26/h5-7,14H,8-13,15-17H2,1-4H3. The molecule has 0 aliphatic carbocycles. The van der Waals surface area contributed by atoms with Gasteiger partial charge in [-0.2, -0.15) is 0 Å². The summed E-state index contributed by atoms with van der Waals surface area (Å²) >= 11 is 6.08. The molecule has 2 saturated heterocycles. The number of benzene rings is 1. The van der Waals surface area contributed by atoms with Gasteiger partial charge in [-0.25, -0.2) is 0 Å². The molecule has 1 unspecified atom stereocenters. The zero-order valence-electron chi connectivity index (χ0n) is 19.0. The number of morpholine rings is 1. The van der Waals surface area contributed by atoms with E-state index in [0.717, 1.165) is 13.1 Å². The minimum absolute atomic E-state index is 0.0350. The summed E-state index contributed by atoms with van der Waals surface area (Å²) in [4.78, 5) is 32.0. The summed E-state index contributed by atoms with van der Waals surface area (Å²) in [5, 5.41) is 0.578. The number of likely N-dealkylation sites (N-methyl/N-ethyl adjacent to an activating group) is 1. The summed E-state index contributed by atoms with van der Waals surface area (Å²) in [6.45, 7) is 10.2. The topological polar surface area (TPSA) is 62.3 Å². The Balaban J connectivity index is 1.77. The second-order valence-corrected chi connectivity index (χ2v) is 10.1. The molecule has 1 atom stereocenters. The summed E-state index contributed by atoms with van der Waals surface area (Å²) in [5.74, 6) is 0.699. The normalized spacial score (nSPS) is 23.0. The third-order valence-corrected chi connectivity index (χ3v) is 6.04. The van der Waals surface area contributed by atoms with Gasteiger partial charge in [0.25, 0.3) is 0 Å². The molecule has 3 rings (SSSR count). The van der Waals surface area contributed by atoms with Gasteiger partial charge in [0.1, 0.15) is 18.0 Å². The van der Waals surface area contributed by atoms with Crippen LogP contribution in [-0.2, 0) is 14.3 Å². The zero-order chi connectivity index (χ0) is 22.6. The van der Waals surface area contributed by atoms with Crippen LogP contribution in [0.3, 0.4) is 0 Å². The van der Waals surface area contributed by atoms with Crippen LogP contribution in [0.25, 0.3) is 0 Å². The number of carbonyl (C=O) groups is 2. The lowest BCUT2D eigenvalue weighted by Crippen LogP contribution is -2.60. The first-order valence-corrected chi connectivity index (χ1v) is 11.2. The average Bonchev–Trinajstić information content (AvgIpc) is 2.72. The lowest BCUT2D eigenvalue weighted by atomic mass is 9.91. The molecule has 0 bridgehead atoms. The minimum Gasteiger partial charge on any atom is -0.490 e. The molecule has 0 spiro atoms. The van der Waals surface area contributed by atoms with Crippen LogP contribution < -0.4 is 4.74 Å². The van der Waals surface area contributed by atoms with Crippen molar-refractivity contribution in [2.75, 3.05) is 59.5 Å². The summed E-state index contributed by atoms with van der Waals surface area (Å²) in [5.41, 5.74) is -1.40. The molecule has 1 aromatic carbocycles. The molecule has 31 heavy (non-hydrogen) atoms. The number of ether oxygens (including phenoxy) is 2. The van der Waals surface area contributed by atoms with Gasteiger partial charge in [-0.15, -0.1) is 0 Å². The van der Waals surface area contributed by atoms with Crippen molar-refractivity contribution in [2.24, 2.45) is 5.41 Å². The Hall–Kier alpha value is -1.83. The largest absolute Gasteiger partial charge is 0.490 e. The Kier molecular flexibility index (Phi) is 7.50. The number of piperazine rings is 1. The van der Waals surface area contributed by atoms with Gasteiger partial charge >= 0.3 is 0 Å². The fourth-order valence-corrected chi connectivity index (χ4v) is 4.13. The number of carbonyl (C=O) groups excluding carboxylic acids is 2. The smallest absolute Gasteiger partial charge is 0.228 e. The third-order valence-electron chi connectivity index (χ3n) is 5.80. The van der Waals surface area contributed by atoms with Crippen LogP contribution >= 0.6 is 11.6 Å². The molecule has 2 aliphatic heterocycles. The van der Waals surface area contributed by atoms with E-state index in [0.29, 0.717) is 43.6 Å². The lowest BCUT2D eigenvalue weighted by Gasteiger charge is -2.44. The summed E-state index contributed by atoms with van der Waals surface area (Å²) in [6, 6.07) is 7.15. The van der Waals surface area contributed by atoms with Gasteiger partial charge in [-0.3, -0.25) is 9.59 Å². The van der Waals surface area contributed by atoms with Crippen LogP contribution in [0.15, 0.2) is 24.3 Å². The van der Waals surface area contributed by atoms with E-state index in [2.05, 4.69) is 11.9 Å². The first-order chi connectivity index (χ1) is 14.6. The Labute approximate surface area is 190 Å². The second-order valence-electron chi connectivity index (χ2n) is 9.62. The molecule has 7 nitrogen and oxygen atoms in total. The molecule has 0 saturated carbocycles. The maximum atomic E-state index is 13.2. The van der Waals surface area contributed by atoms with E-state index < -0.39 is 11.0 Å². The molecule has 8 heteroatoms. The van der Waals surface area contributed by atoms with Crippen molar-refractivity contribution in [1.29, 1.82) is 0 Å². The summed E-state index contributed by atoms with van der Waals surface area (Å²) < 4.78 is 12.2. The van der Waals surface area contributed by atoms with Crippen LogP contribution in [0, 0.1) is 5.41 Å². The highest BCUT2D eigenvalue weighted by Gasteiger charge is 2.44. The maximum absolute atomic E-state index is 13.2. The Bertz CT molecular complexity index is 789. The van der Waals surface area contributed by atoms with E-state index in [1.165, 1.54) is 0 Å². The van der Waals surface area contributed by atoms with Gasteiger partial charge in [0.15, 0.2) is 0 Å². The molecule has 0 N–H and O–H groups in total. The molecule has 0 radical (unpaired) electrons. The first kappa shape index (κ1) is 23.8. The van der Waals surface area contributed by atoms with E-state index in [9.17, 15) is 9.59 Å². The number of hydrogen-bond acceptors (Lipinski definition) is 5. The Morgan fingerprint density at radius 1 is 1.13 bits per heavy atom. The third kappa shape index (κ3) is 6.34. The molecule has 172 valence electrons. The molecular formula is C23H34ClN3O4. The van der Waals surface area contributed by atoms with Crippen molar-refractivity contribution < 1.29 is 19.1 Å². The predicted molar refractivity (Wildman–Crippen MR) is 120 cm³/mol. The SMILES string of the molecule is CN1CCN(C(=O)CC2(COc3cccc(Cl)c3)CN(C(=O)C(C)(C)C)CCO2)CC1. The van der Waals surface area contributed by atoms with Gasteiger partial charge in [0, 0.05) is 43.2 Å². The van der Waals surface area contributed by atoms with Crippen molar-refractivity contribution in [3.63, 3.8) is 0 Å². The van der Waals surface area contributed by atoms with Crippen LogP contribution in [-0.4, -0.2) is 91.6 Å². The number of hydrogen-bond donors (Lipinski definition) is 0. The van der Waals surface area contributed by atoms with Crippen LogP contribution in [0.1, 0.15) is 27.2 Å². The second kappa shape index (κ2) is 9.76. The highest BCUT2D eigenvalue weighted by Crippen LogP contribution is 2.29. The average molecular weight is 452 g/mol. The van der Waals surface area contributed by atoms with Crippen molar-refractivity contribution in [3.8, 4) is 5.75 Å². The zero-order valence-corrected chi connectivity index (χ0v) is 19.8. The number of amides is 2. The minimum atomic E-state index is -0.901. The summed E-state index contributed by atoms with van der Waals surface area (Å²) in [7, 11) is 2.06. The monoisotopic (exact) mass is 451 g/mol. The van der Waals surface area contributed by atoms with Crippen molar-refractivity contribution >= 4 is 23.4 Å². The molecule has 2 amide bonds. The first-order valence-electron chi connectivity index (χ1n) is 10.9. The quantitative estimate of drug-likeness (QED) is 0.688. The Morgan fingerprint density at radius 2 is 1.84 bits per heavy atom. The Morgan fingerprint density at radius 3 is 2.48 bits per heavy atom. The lowest BCUT2D eigenvalue weighted by molar-refractivity contribution is -0.170. The number of rotatable bonds is 5. The van der Waals surface area contributed by atoms with Crippen LogP contribution in [0.2, 0.25) is 5.02 Å². The highest BCUT2D eigenvalue weighted by atomic mass is 35.5. The maximum Gasteiger partial charge on any atom is 0.228 e. The highest BCUT2D eigenvalue weighted by molar-refractivity contribution is 6.30. The molecular weight excluding hydrogens is 418 g/mol. The van der Waals surface area contributed by atoms with E-state index in [1.54, 1.807) is 12.1 Å². The summed E-state index contributed by atoms with van der Waals surface area (Å²) in [6.07, 6.45) is 0.172. The van der Waals surface area contributed by atoms with Gasteiger partial charge in [-0.05, 0) is 25.2 Å². The van der Waals surface area contributed by atoms with Gasteiger partial charge in [-0.1, -0.05) is 38.4 Å². The van der Waals surface area contributed by atoms with Gasteiger partial charge in [0.2, 0.25) is 11.8 Å². The predicted octanol–water partition coefficient (Wildman–Crippen LogP) is 2.53. The van der Waals surface area contributed by atoms with Crippen LogP contribution in [0.5, 0.6) is 5.75 Å². The van der Waals surface area contributed by atoms with Crippen molar-refractivity contribution in [3.05, 3.63) is 29.3 Å². The van der Waals surface area contributed by atoms with Crippen molar-refractivity contribution in [2.45, 2.75) is 32.8 Å². The van der Waals surface area contributed by atoms with Crippen LogP contribution in [0.4, 0.5) is 0 Å². The van der Waals surface area contributed by atoms with Gasteiger partial charge in [0.05, 0.1) is 19.6 Å². The number of nitrogens with zero attached hydrogens (tertiary/aromatic N) is 3. The van der Waals surface area contributed by atoms with Crippen molar-refractivity contribution in [1.82, 2.24) is 14.7 Å². The van der Waals surface area contributed by atoms with E-state index in [-0.39, 0.29) is 24.8 Å². The molecule has 0 aromatic heterocycles. The van der Waals surface area contributed by atoms with E-state index in [1.807, 2.05) is 42.7 Å². The van der Waals surface area contributed by atoms with E-state index >= 15 is 0 Å². The molecule has 1 aromatic rings. The molecule has 2 aliphatic rings. The molecule has 2 heterocycles. The number of halogens is 1. The molecule has 2 fully saturated rings. The van der Waals surface area contributed by atoms with E-state index in [4.69, 9.17) is 21.1 Å². The van der Waals surface area contributed by atoms with Gasteiger partial charge < -0.3 is 24.2 Å². The fraction of sp³-hybridized carbons (Fsp3) is 0.652.